The number of ether oxygens (including phenoxy) is 1. The zero-order valence-corrected chi connectivity index (χ0v) is 20.2. The topological polar surface area (TPSA) is 113 Å². The van der Waals surface area contributed by atoms with E-state index in [0.717, 1.165) is 24.1 Å². The molecule has 184 valence electrons. The molecule has 2 aliphatic heterocycles. The number of methoxy groups -OCH3 is 1. The molecule has 0 radical (unpaired) electrons. The van der Waals surface area contributed by atoms with E-state index in [1.54, 1.807) is 64.3 Å². The number of likely N-dealkylation sites (tertiary alicyclic amines) is 1. The molecule has 0 saturated carbocycles. The quantitative estimate of drug-likeness (QED) is 0.578. The molecule has 1 spiro atoms. The summed E-state index contributed by atoms with van der Waals surface area (Å²) in [6.07, 6.45) is 6.51. The molecular weight excluding hydrogens is 470 g/mol. The molecule has 5 rings (SSSR count). The second kappa shape index (κ2) is 8.97. The van der Waals surface area contributed by atoms with Crippen LogP contribution in [0.4, 0.5) is 4.79 Å². The first-order valence-corrected chi connectivity index (χ1v) is 12.9. The van der Waals surface area contributed by atoms with Crippen molar-refractivity contribution < 1.29 is 22.7 Å². The molecule has 2 fully saturated rings. The number of benzene rings is 1. The highest BCUT2D eigenvalue weighted by molar-refractivity contribution is 7.89. The lowest BCUT2D eigenvalue weighted by atomic mass is 9.75. The highest BCUT2D eigenvalue weighted by atomic mass is 32.2. The average Bonchev–Trinajstić information content (AvgIpc) is 3.33. The van der Waals surface area contributed by atoms with E-state index in [4.69, 9.17) is 4.74 Å². The number of carbonyl (C=O) groups excluding carboxylic acids is 2. The monoisotopic (exact) mass is 497 g/mol. The van der Waals surface area contributed by atoms with Gasteiger partial charge in [0.05, 0.1) is 17.6 Å². The molecule has 4 heterocycles. The molecule has 0 unspecified atom stereocenters. The van der Waals surface area contributed by atoms with Crippen LogP contribution in [0.3, 0.4) is 0 Å². The minimum Gasteiger partial charge on any atom is -0.453 e. The second-order valence-corrected chi connectivity index (χ2v) is 11.1. The van der Waals surface area contributed by atoms with Gasteiger partial charge in [0.1, 0.15) is 5.65 Å². The van der Waals surface area contributed by atoms with E-state index in [0.29, 0.717) is 31.7 Å². The average molecular weight is 498 g/mol. The van der Waals surface area contributed by atoms with Gasteiger partial charge in [-0.2, -0.15) is 4.31 Å². The molecule has 2 aromatic heterocycles. The van der Waals surface area contributed by atoms with Crippen LogP contribution >= 0.6 is 0 Å². The molecule has 11 heteroatoms. The van der Waals surface area contributed by atoms with Gasteiger partial charge < -0.3 is 19.4 Å². The SMILES string of the molecule is COC(=O)N1CCCC2(C1)CN(S(=O)(=O)c1ccc(CNC(=O)c3ccc4nccn4c3)cc1)C2. The van der Waals surface area contributed by atoms with Gasteiger partial charge in [0, 0.05) is 56.7 Å². The zero-order chi connectivity index (χ0) is 24.6. The molecule has 0 bridgehead atoms. The molecule has 2 aliphatic rings. The van der Waals surface area contributed by atoms with E-state index in [1.165, 1.54) is 11.4 Å². The fourth-order valence-electron chi connectivity index (χ4n) is 4.89. The number of nitrogens with one attached hydrogen (secondary N) is 1. The molecule has 10 nitrogen and oxygen atoms in total. The van der Waals surface area contributed by atoms with Crippen LogP contribution in [-0.2, 0) is 21.3 Å². The predicted octanol–water partition coefficient (Wildman–Crippen LogP) is 2.12. The summed E-state index contributed by atoms with van der Waals surface area (Å²) in [7, 11) is -2.27. The van der Waals surface area contributed by atoms with Crippen LogP contribution in [0.25, 0.3) is 5.65 Å². The van der Waals surface area contributed by atoms with Crippen molar-refractivity contribution in [3.63, 3.8) is 0 Å². The van der Waals surface area contributed by atoms with E-state index in [1.807, 2.05) is 0 Å². The van der Waals surface area contributed by atoms with Crippen molar-refractivity contribution in [2.45, 2.75) is 24.3 Å². The van der Waals surface area contributed by atoms with Crippen LogP contribution in [0.1, 0.15) is 28.8 Å². The Morgan fingerprint density at radius 1 is 1.11 bits per heavy atom. The van der Waals surface area contributed by atoms with Crippen molar-refractivity contribution in [3.8, 4) is 0 Å². The van der Waals surface area contributed by atoms with Gasteiger partial charge in [-0.1, -0.05) is 12.1 Å². The zero-order valence-electron chi connectivity index (χ0n) is 19.4. The van der Waals surface area contributed by atoms with Gasteiger partial charge in [0.25, 0.3) is 5.91 Å². The van der Waals surface area contributed by atoms with Crippen molar-refractivity contribution in [1.29, 1.82) is 0 Å². The number of nitrogens with zero attached hydrogens (tertiary/aromatic N) is 4. The van der Waals surface area contributed by atoms with Crippen LogP contribution in [0.2, 0.25) is 0 Å². The first-order valence-electron chi connectivity index (χ1n) is 11.4. The minimum atomic E-state index is -3.62. The molecule has 35 heavy (non-hydrogen) atoms. The fourth-order valence-corrected chi connectivity index (χ4v) is 6.56. The summed E-state index contributed by atoms with van der Waals surface area (Å²) < 4.78 is 34.3. The highest BCUT2D eigenvalue weighted by Crippen LogP contribution is 2.41. The van der Waals surface area contributed by atoms with Crippen LogP contribution in [0.15, 0.2) is 59.9 Å². The number of sulfonamides is 1. The summed E-state index contributed by atoms with van der Waals surface area (Å²) in [4.78, 5) is 30.4. The second-order valence-electron chi connectivity index (χ2n) is 9.21. The van der Waals surface area contributed by atoms with Crippen LogP contribution in [0, 0.1) is 5.41 Å². The first-order chi connectivity index (χ1) is 16.8. The fraction of sp³-hybridized carbons (Fsp3) is 0.375. The van der Waals surface area contributed by atoms with Gasteiger partial charge in [0.15, 0.2) is 0 Å². The lowest BCUT2D eigenvalue weighted by Crippen LogP contribution is -2.64. The maximum atomic E-state index is 13.1. The van der Waals surface area contributed by atoms with Gasteiger partial charge >= 0.3 is 6.09 Å². The van der Waals surface area contributed by atoms with Crippen molar-refractivity contribution in [2.24, 2.45) is 5.41 Å². The van der Waals surface area contributed by atoms with E-state index in [2.05, 4.69) is 10.3 Å². The van der Waals surface area contributed by atoms with Gasteiger partial charge in [0.2, 0.25) is 10.0 Å². The van der Waals surface area contributed by atoms with E-state index in [9.17, 15) is 18.0 Å². The third-order valence-electron chi connectivity index (χ3n) is 6.78. The van der Waals surface area contributed by atoms with Crippen molar-refractivity contribution in [3.05, 3.63) is 66.1 Å². The van der Waals surface area contributed by atoms with Gasteiger partial charge in [-0.25, -0.2) is 18.2 Å². The number of piperidine rings is 1. The number of amides is 2. The number of aromatic nitrogens is 2. The lowest BCUT2D eigenvalue weighted by Gasteiger charge is -2.53. The molecular formula is C24H27N5O5S. The Kier molecular flexibility index (Phi) is 5.97. The third kappa shape index (κ3) is 4.48. The Morgan fingerprint density at radius 3 is 2.63 bits per heavy atom. The Bertz CT molecular complexity index is 1360. The van der Waals surface area contributed by atoms with Crippen LogP contribution in [-0.4, -0.2) is 72.3 Å². The van der Waals surface area contributed by atoms with Crippen molar-refractivity contribution in [2.75, 3.05) is 33.3 Å². The Balaban J connectivity index is 1.18. The normalized spacial score (nSPS) is 17.8. The number of carbonyl (C=O) groups is 2. The summed E-state index contributed by atoms with van der Waals surface area (Å²) in [5.41, 5.74) is 1.86. The maximum absolute atomic E-state index is 13.1. The molecule has 2 saturated heterocycles. The van der Waals surface area contributed by atoms with Crippen LogP contribution < -0.4 is 5.32 Å². The van der Waals surface area contributed by atoms with Gasteiger partial charge in [-0.3, -0.25) is 4.79 Å². The number of imidazole rings is 1. The summed E-state index contributed by atoms with van der Waals surface area (Å²) in [6.45, 7) is 2.20. The van der Waals surface area contributed by atoms with E-state index in [-0.39, 0.29) is 28.9 Å². The molecule has 0 atom stereocenters. The molecule has 0 aliphatic carbocycles. The standard InChI is InChI=1S/C24H27N5O5S/c1-34-23(31)28-11-2-9-24(15-28)16-29(17-24)35(32,33)20-6-3-18(4-7-20)13-26-22(30)19-5-8-21-25-10-12-27(21)14-19/h3-8,10,12,14H,2,9,11,13,15-17H2,1H3,(H,26,30). The number of fused-ring (bicyclic) bond motifs is 1. The molecule has 3 aromatic rings. The predicted molar refractivity (Wildman–Crippen MR) is 127 cm³/mol. The minimum absolute atomic E-state index is 0.205. The van der Waals surface area contributed by atoms with Crippen molar-refractivity contribution in [1.82, 2.24) is 23.9 Å². The number of pyridine rings is 1. The highest BCUT2D eigenvalue weighted by Gasteiger charge is 2.51. The number of hydrogen-bond acceptors (Lipinski definition) is 6. The smallest absolute Gasteiger partial charge is 0.409 e. The van der Waals surface area contributed by atoms with Crippen molar-refractivity contribution >= 4 is 27.7 Å². The third-order valence-corrected chi connectivity index (χ3v) is 8.59. The maximum Gasteiger partial charge on any atom is 0.409 e. The number of rotatable bonds is 5. The first kappa shape index (κ1) is 23.3. The summed E-state index contributed by atoms with van der Waals surface area (Å²) >= 11 is 0. The van der Waals surface area contributed by atoms with Crippen LogP contribution in [0.5, 0.6) is 0 Å². The summed E-state index contributed by atoms with van der Waals surface area (Å²) in [5, 5.41) is 2.86. The molecule has 1 N–H and O–H groups in total. The Hall–Kier alpha value is -3.44. The summed E-state index contributed by atoms with van der Waals surface area (Å²) in [6, 6.07) is 10.0. The lowest BCUT2D eigenvalue weighted by molar-refractivity contribution is -0.00738. The summed E-state index contributed by atoms with van der Waals surface area (Å²) in [5.74, 6) is -0.225. The molecule has 1 aromatic carbocycles. The van der Waals surface area contributed by atoms with Gasteiger partial charge in [-0.05, 0) is 42.7 Å². The van der Waals surface area contributed by atoms with E-state index >= 15 is 0 Å². The molecule has 2 amide bonds. The Morgan fingerprint density at radius 2 is 1.89 bits per heavy atom. The number of hydrogen-bond donors (Lipinski definition) is 1. The largest absolute Gasteiger partial charge is 0.453 e. The van der Waals surface area contributed by atoms with E-state index < -0.39 is 10.0 Å². The Labute approximate surface area is 203 Å². The van der Waals surface area contributed by atoms with Gasteiger partial charge in [-0.15, -0.1) is 0 Å².